The lowest BCUT2D eigenvalue weighted by molar-refractivity contribution is -0.117. The zero-order valence-corrected chi connectivity index (χ0v) is 15.3. The summed E-state index contributed by atoms with van der Waals surface area (Å²) in [5.41, 5.74) is -0.653. The molecule has 10 nitrogen and oxygen atoms in total. The molecule has 1 fully saturated rings. The van der Waals surface area contributed by atoms with Crippen LogP contribution in [0.1, 0.15) is 0 Å². The number of benzene rings is 2. The van der Waals surface area contributed by atoms with Crippen LogP contribution in [0.2, 0.25) is 0 Å². The van der Waals surface area contributed by atoms with E-state index >= 15 is 0 Å². The Morgan fingerprint density at radius 2 is 1.67 bits per heavy atom. The quantitative estimate of drug-likeness (QED) is 0.348. The normalized spacial score (nSPS) is 23.7. The topological polar surface area (TPSA) is 170 Å². The lowest BCUT2D eigenvalue weighted by atomic mass is 10.1. The summed E-state index contributed by atoms with van der Waals surface area (Å²) in [4.78, 5) is 13.1. The maximum Gasteiger partial charge on any atom is 0.239 e. The molecule has 1 unspecified atom stereocenters. The molecule has 1 saturated heterocycles. The van der Waals surface area contributed by atoms with Gasteiger partial charge >= 0.3 is 0 Å². The van der Waals surface area contributed by atoms with Gasteiger partial charge in [-0.05, 0) is 24.3 Å². The fourth-order valence-corrected chi connectivity index (χ4v) is 3.26. The molecule has 0 saturated carbocycles. The number of rotatable bonds is 4. The van der Waals surface area contributed by atoms with Crippen molar-refractivity contribution in [1.29, 1.82) is 0 Å². The fraction of sp³-hybridized carbons (Fsp3) is 0.250. The third-order valence-electron chi connectivity index (χ3n) is 4.78. The Hall–Kier alpha value is -3.31. The van der Waals surface area contributed by atoms with E-state index in [1.165, 1.54) is 24.3 Å². The van der Waals surface area contributed by atoms with E-state index in [0.29, 0.717) is 5.56 Å². The molecular formula is C20H18O10. The first-order valence-electron chi connectivity index (χ1n) is 8.91. The zero-order chi connectivity index (χ0) is 21.6. The van der Waals surface area contributed by atoms with E-state index in [-0.39, 0.29) is 28.2 Å². The molecule has 0 spiro atoms. The van der Waals surface area contributed by atoms with E-state index in [1.807, 2.05) is 0 Å². The van der Waals surface area contributed by atoms with Crippen LogP contribution in [0, 0.1) is 0 Å². The van der Waals surface area contributed by atoms with E-state index in [2.05, 4.69) is 0 Å². The van der Waals surface area contributed by atoms with Crippen LogP contribution in [0.15, 0.2) is 45.6 Å². The molecule has 3 aromatic rings. The highest BCUT2D eigenvalue weighted by Crippen LogP contribution is 2.37. The highest BCUT2D eigenvalue weighted by Gasteiger charge is 2.44. The number of hydrogen-bond donors (Lipinski definition) is 6. The number of ether oxygens (including phenoxy) is 2. The molecule has 2 aromatic carbocycles. The van der Waals surface area contributed by atoms with Crippen molar-refractivity contribution in [3.05, 3.63) is 46.6 Å². The van der Waals surface area contributed by atoms with Gasteiger partial charge in [0, 0.05) is 17.7 Å². The van der Waals surface area contributed by atoms with Gasteiger partial charge in [-0.3, -0.25) is 4.79 Å². The number of phenolic OH excluding ortho intramolecular Hbond substituents is 3. The van der Waals surface area contributed by atoms with Gasteiger partial charge in [0.2, 0.25) is 17.5 Å². The standard InChI is InChI=1S/C20H18O10/c21-7-13-15(25)17(27)20(29-13)30-19-16(26)14-11(24)5-10(23)6-12(14)28-18(19)8-1-3-9(22)4-2-8/h1-6,13,15,17,20-25,27H,7H2/t13-,15+,17-,20?/m1/s1. The van der Waals surface area contributed by atoms with Crippen LogP contribution in [0.4, 0.5) is 0 Å². The molecule has 0 radical (unpaired) electrons. The fourth-order valence-electron chi connectivity index (χ4n) is 3.26. The van der Waals surface area contributed by atoms with E-state index in [4.69, 9.17) is 13.9 Å². The molecule has 0 amide bonds. The lowest BCUT2D eigenvalue weighted by Crippen LogP contribution is -2.36. The molecule has 1 aliphatic heterocycles. The minimum absolute atomic E-state index is 0.0388. The third-order valence-corrected chi connectivity index (χ3v) is 4.78. The van der Waals surface area contributed by atoms with E-state index in [9.17, 15) is 35.4 Å². The summed E-state index contributed by atoms with van der Waals surface area (Å²) in [5.74, 6) is -1.50. The Labute approximate surface area is 168 Å². The van der Waals surface area contributed by atoms with Crippen molar-refractivity contribution in [2.45, 2.75) is 24.6 Å². The summed E-state index contributed by atoms with van der Waals surface area (Å²) in [6.07, 6.45) is -5.65. The molecular weight excluding hydrogens is 400 g/mol. The molecule has 4 rings (SSSR count). The Kier molecular flexibility index (Phi) is 5.00. The second kappa shape index (κ2) is 7.50. The molecule has 0 bridgehead atoms. The Balaban J connectivity index is 1.90. The average Bonchev–Trinajstić information content (AvgIpc) is 2.97. The average molecular weight is 418 g/mol. The predicted octanol–water partition coefficient (Wildman–Crippen LogP) is 0.395. The number of fused-ring (bicyclic) bond motifs is 1. The lowest BCUT2D eigenvalue weighted by Gasteiger charge is -2.18. The number of aromatic hydroxyl groups is 3. The van der Waals surface area contributed by atoms with E-state index in [1.54, 1.807) is 0 Å². The minimum atomic E-state index is -1.57. The largest absolute Gasteiger partial charge is 0.508 e. The first kappa shape index (κ1) is 20.0. The Morgan fingerprint density at radius 1 is 0.967 bits per heavy atom. The van der Waals surface area contributed by atoms with Crippen LogP contribution in [-0.2, 0) is 4.74 Å². The van der Waals surface area contributed by atoms with Gasteiger partial charge in [-0.2, -0.15) is 0 Å². The highest BCUT2D eigenvalue weighted by molar-refractivity contribution is 5.88. The first-order chi connectivity index (χ1) is 14.3. The molecule has 2 heterocycles. The van der Waals surface area contributed by atoms with Gasteiger partial charge in [-0.1, -0.05) is 0 Å². The van der Waals surface area contributed by atoms with Gasteiger partial charge in [0.25, 0.3) is 0 Å². The van der Waals surface area contributed by atoms with Crippen molar-refractivity contribution < 1.29 is 44.5 Å². The molecule has 4 atom stereocenters. The monoisotopic (exact) mass is 418 g/mol. The van der Waals surface area contributed by atoms with E-state index in [0.717, 1.165) is 12.1 Å². The summed E-state index contributed by atoms with van der Waals surface area (Å²) in [7, 11) is 0. The number of hydrogen-bond acceptors (Lipinski definition) is 10. The van der Waals surface area contributed by atoms with Gasteiger partial charge in [0.1, 0.15) is 46.5 Å². The Morgan fingerprint density at radius 3 is 2.30 bits per heavy atom. The zero-order valence-electron chi connectivity index (χ0n) is 15.3. The van der Waals surface area contributed by atoms with Crippen molar-refractivity contribution >= 4 is 11.0 Å². The number of aliphatic hydroxyl groups is 3. The Bertz CT molecular complexity index is 1140. The van der Waals surface area contributed by atoms with Crippen molar-refractivity contribution in [1.82, 2.24) is 0 Å². The smallest absolute Gasteiger partial charge is 0.239 e. The van der Waals surface area contributed by atoms with Crippen molar-refractivity contribution in [2.75, 3.05) is 6.61 Å². The first-order valence-corrected chi connectivity index (χ1v) is 8.91. The van der Waals surface area contributed by atoms with Gasteiger partial charge < -0.3 is 44.5 Å². The van der Waals surface area contributed by atoms with Crippen molar-refractivity contribution in [3.63, 3.8) is 0 Å². The second-order valence-corrected chi connectivity index (χ2v) is 6.80. The van der Waals surface area contributed by atoms with Crippen LogP contribution in [0.25, 0.3) is 22.3 Å². The summed E-state index contributed by atoms with van der Waals surface area (Å²) >= 11 is 0. The molecule has 158 valence electrons. The van der Waals surface area contributed by atoms with Crippen molar-refractivity contribution in [2.24, 2.45) is 0 Å². The predicted molar refractivity (Wildman–Crippen MR) is 101 cm³/mol. The van der Waals surface area contributed by atoms with Crippen LogP contribution in [-0.4, -0.2) is 61.8 Å². The molecule has 10 heteroatoms. The molecule has 1 aliphatic rings. The minimum Gasteiger partial charge on any atom is -0.508 e. The van der Waals surface area contributed by atoms with Crippen LogP contribution >= 0.6 is 0 Å². The molecule has 6 N–H and O–H groups in total. The van der Waals surface area contributed by atoms with Gasteiger partial charge in [0.05, 0.1) is 6.61 Å². The second-order valence-electron chi connectivity index (χ2n) is 6.80. The van der Waals surface area contributed by atoms with Gasteiger partial charge in [-0.15, -0.1) is 0 Å². The maximum atomic E-state index is 13.1. The number of aliphatic hydroxyl groups excluding tert-OH is 3. The van der Waals surface area contributed by atoms with E-state index < -0.39 is 48.1 Å². The summed E-state index contributed by atoms with van der Waals surface area (Å²) in [5, 5.41) is 58.4. The summed E-state index contributed by atoms with van der Waals surface area (Å²) in [6, 6.07) is 7.65. The molecule has 30 heavy (non-hydrogen) atoms. The maximum absolute atomic E-state index is 13.1. The SMILES string of the molecule is O=c1c(OC2O[C@H](CO)[C@H](O)[C@H]2O)c(-c2ccc(O)cc2)oc2cc(O)cc(O)c12. The third kappa shape index (κ3) is 3.31. The number of phenols is 3. The highest BCUT2D eigenvalue weighted by atomic mass is 16.7. The van der Waals surface area contributed by atoms with Crippen LogP contribution < -0.4 is 10.2 Å². The van der Waals surface area contributed by atoms with Gasteiger partial charge in [0.15, 0.2) is 5.76 Å². The van der Waals surface area contributed by atoms with Crippen LogP contribution in [0.5, 0.6) is 23.0 Å². The molecule has 1 aromatic heterocycles. The van der Waals surface area contributed by atoms with Crippen molar-refractivity contribution in [3.8, 4) is 34.3 Å². The molecule has 0 aliphatic carbocycles. The summed E-state index contributed by atoms with van der Waals surface area (Å²) < 4.78 is 16.5. The van der Waals surface area contributed by atoms with Gasteiger partial charge in [-0.25, -0.2) is 0 Å². The van der Waals surface area contributed by atoms with Crippen LogP contribution in [0.3, 0.4) is 0 Å². The summed E-state index contributed by atoms with van der Waals surface area (Å²) in [6.45, 7) is -0.588.